The molecule has 2 atom stereocenters. The zero-order valence-electron chi connectivity index (χ0n) is 34.7. The Hall–Kier alpha value is -5.46. The van der Waals surface area contributed by atoms with Gasteiger partial charge in [0.1, 0.15) is 29.8 Å². The van der Waals surface area contributed by atoms with Gasteiger partial charge in [-0.1, -0.05) is 60.7 Å². The molecule has 0 spiro atoms. The summed E-state index contributed by atoms with van der Waals surface area (Å²) in [6, 6.07) is 15.5. The smallest absolute Gasteiger partial charge is 0.408 e. The second kappa shape index (κ2) is 28.0. The number of carboxylic acid groups (broad SMARTS) is 1. The summed E-state index contributed by atoms with van der Waals surface area (Å²) in [5.41, 5.74) is 0.185. The molecule has 0 saturated heterocycles. The van der Waals surface area contributed by atoms with E-state index < -0.39 is 85.6 Å². The summed E-state index contributed by atoms with van der Waals surface area (Å²) in [6.45, 7) is 14.1. The number of carbonyl (C=O) groups excluding carboxylic acids is 5. The van der Waals surface area contributed by atoms with Gasteiger partial charge in [0.15, 0.2) is 0 Å². The van der Waals surface area contributed by atoms with Gasteiger partial charge < -0.3 is 44.9 Å². The summed E-state index contributed by atoms with van der Waals surface area (Å²) < 4.78 is 69.5. The summed E-state index contributed by atoms with van der Waals surface area (Å²) in [5, 5.41) is 15.6. The first-order valence-corrected chi connectivity index (χ1v) is 18.6. The summed E-state index contributed by atoms with van der Waals surface area (Å²) in [7, 11) is 0. The average molecular weight is 847 g/mol. The molecule has 2 rings (SSSR count). The number of hydrogen-bond acceptors (Lipinski definition) is 11. The lowest BCUT2D eigenvalue weighted by Gasteiger charge is -2.28. The van der Waals surface area contributed by atoms with Crippen molar-refractivity contribution in [3.8, 4) is 0 Å². The second-order valence-electron chi connectivity index (χ2n) is 14.4. The van der Waals surface area contributed by atoms with Crippen LogP contribution in [0, 0.1) is 0 Å². The van der Waals surface area contributed by atoms with Crippen molar-refractivity contribution in [2.45, 2.75) is 117 Å². The van der Waals surface area contributed by atoms with Crippen LogP contribution in [-0.2, 0) is 51.2 Å². The highest BCUT2D eigenvalue weighted by molar-refractivity contribution is 5.88. The van der Waals surface area contributed by atoms with Gasteiger partial charge in [-0.15, -0.1) is 0 Å². The number of esters is 2. The number of ether oxygens (including phenoxy) is 4. The molecule has 4 N–H and O–H groups in total. The van der Waals surface area contributed by atoms with Gasteiger partial charge >= 0.3 is 30.1 Å². The predicted octanol–water partition coefficient (Wildman–Crippen LogP) is 6.09. The van der Waals surface area contributed by atoms with Gasteiger partial charge in [-0.3, -0.25) is 14.4 Å². The third-order valence-electron chi connectivity index (χ3n) is 6.71. The molecular weight excluding hydrogens is 788 g/mol. The average Bonchev–Trinajstić information content (AvgIpc) is 3.10. The number of carboxylic acids is 1. The monoisotopic (exact) mass is 846 g/mol. The molecule has 332 valence electrons. The number of halogens is 4. The minimum atomic E-state index is -2.85. The summed E-state index contributed by atoms with van der Waals surface area (Å²) >= 11 is 0. The van der Waals surface area contributed by atoms with Crippen LogP contribution in [0.3, 0.4) is 0 Å². The molecule has 15 nitrogen and oxygen atoms in total. The molecular formula is C40H58F4N4O11. The van der Waals surface area contributed by atoms with Gasteiger partial charge in [-0.2, -0.15) is 0 Å². The molecule has 2 aromatic rings. The van der Waals surface area contributed by atoms with E-state index in [2.05, 4.69) is 10.6 Å². The Bertz CT molecular complexity index is 1560. The molecule has 2 unspecified atom stereocenters. The van der Waals surface area contributed by atoms with E-state index in [-0.39, 0.29) is 25.7 Å². The minimum absolute atomic E-state index is 0.00573. The molecule has 0 heterocycles. The molecule has 0 fully saturated rings. The Kier molecular flexibility index (Phi) is 25.5. The van der Waals surface area contributed by atoms with E-state index in [4.69, 9.17) is 24.1 Å². The lowest BCUT2D eigenvalue weighted by molar-refractivity contribution is -0.150. The maximum atomic E-state index is 13.1. The molecule has 0 bridgehead atoms. The molecule has 0 aromatic heterocycles. The Morgan fingerprint density at radius 1 is 0.661 bits per heavy atom. The first kappa shape index (κ1) is 53.5. The van der Waals surface area contributed by atoms with E-state index in [9.17, 15) is 46.3 Å². The van der Waals surface area contributed by atoms with Crippen molar-refractivity contribution >= 4 is 36.0 Å². The quantitative estimate of drug-likeness (QED) is 0.0767. The molecule has 0 radical (unpaired) electrons. The highest BCUT2D eigenvalue weighted by atomic mass is 19.3. The number of benzene rings is 2. The largest absolute Gasteiger partial charge is 0.480 e. The summed E-state index contributed by atoms with van der Waals surface area (Å²) in [6.07, 6.45) is -9.54. The third kappa shape index (κ3) is 28.6. The Morgan fingerprint density at radius 3 is 1.51 bits per heavy atom. The predicted molar refractivity (Wildman–Crippen MR) is 208 cm³/mol. The number of rotatable bonds is 18. The van der Waals surface area contributed by atoms with Crippen LogP contribution >= 0.6 is 0 Å². The van der Waals surface area contributed by atoms with E-state index >= 15 is 0 Å². The minimum Gasteiger partial charge on any atom is -0.480 e. The van der Waals surface area contributed by atoms with Gasteiger partial charge in [0.05, 0.1) is 19.8 Å². The van der Waals surface area contributed by atoms with Crippen molar-refractivity contribution in [1.82, 2.24) is 20.9 Å². The van der Waals surface area contributed by atoms with Crippen molar-refractivity contribution < 1.29 is 70.4 Å². The Balaban J connectivity index is 0.000000943. The normalized spacial score (nSPS) is 12.0. The van der Waals surface area contributed by atoms with Crippen LogP contribution in [0.4, 0.5) is 27.2 Å². The highest BCUT2D eigenvalue weighted by Crippen LogP contribution is 2.14. The first-order chi connectivity index (χ1) is 27.5. The van der Waals surface area contributed by atoms with Gasteiger partial charge in [-0.05, 0) is 66.5 Å². The van der Waals surface area contributed by atoms with Crippen LogP contribution in [-0.4, -0.2) is 108 Å². The van der Waals surface area contributed by atoms with Crippen LogP contribution < -0.4 is 16.0 Å². The van der Waals surface area contributed by atoms with Crippen molar-refractivity contribution in [2.75, 3.05) is 26.3 Å². The van der Waals surface area contributed by atoms with Crippen LogP contribution in [0.15, 0.2) is 60.7 Å². The number of amides is 3. The maximum absolute atomic E-state index is 13.1. The number of nitrogens with zero attached hydrogens (tertiary/aromatic N) is 1. The van der Waals surface area contributed by atoms with E-state index in [1.165, 1.54) is 0 Å². The van der Waals surface area contributed by atoms with Crippen LogP contribution in [0.5, 0.6) is 0 Å². The lowest BCUT2D eigenvalue weighted by Crippen LogP contribution is -2.51. The molecule has 59 heavy (non-hydrogen) atoms. The van der Waals surface area contributed by atoms with Crippen molar-refractivity contribution in [1.29, 1.82) is 0 Å². The van der Waals surface area contributed by atoms with Gasteiger partial charge in [0, 0.05) is 25.9 Å². The van der Waals surface area contributed by atoms with Crippen molar-refractivity contribution in [3.05, 3.63) is 71.8 Å². The number of carbonyl (C=O) groups is 6. The summed E-state index contributed by atoms with van der Waals surface area (Å²) in [5.74, 6) is -3.23. The van der Waals surface area contributed by atoms with E-state index in [1.54, 1.807) is 85.7 Å². The standard InChI is InChI=1S/C20H28F2N2O5.C11H15NO2.C9H15F2NO4/c1-5-28-17(25)13-24(12-14-9-7-6-8-10-14)18(26)15(11-16(21)22)23-19(27)29-20(2,3)4;1-2-14-11(13)9-12-8-10-6-4-3-5-7-10;1-9(2,3)16-8(15)12-5(7(13)14)4-6(10)11/h6-10,15-16H,5,11-13H2,1-4H3,(H,23,27);3-7,12H,2,8-9H2,1H3;5-6H,4H2,1-3H3,(H,12,15)(H,13,14). The molecule has 0 aliphatic heterocycles. The maximum Gasteiger partial charge on any atom is 0.408 e. The third-order valence-corrected chi connectivity index (χ3v) is 6.71. The number of alkyl halides is 4. The Morgan fingerprint density at radius 2 is 1.08 bits per heavy atom. The lowest BCUT2D eigenvalue weighted by atomic mass is 10.1. The zero-order chi connectivity index (χ0) is 45.2. The molecule has 19 heteroatoms. The SMILES string of the molecule is CC(C)(C)OC(=O)NC(CC(F)F)C(=O)O.CCOC(=O)CN(Cc1ccccc1)C(=O)C(CC(F)F)NC(=O)OC(C)(C)C.CCOC(=O)CNCc1ccccc1. The van der Waals surface area contributed by atoms with Gasteiger partial charge in [-0.25, -0.2) is 31.9 Å². The van der Waals surface area contributed by atoms with E-state index in [0.717, 1.165) is 10.5 Å². The molecule has 0 saturated carbocycles. The molecule has 0 aliphatic rings. The number of aliphatic carboxylic acids is 1. The second-order valence-corrected chi connectivity index (χ2v) is 14.4. The fraction of sp³-hybridized carbons (Fsp3) is 0.550. The van der Waals surface area contributed by atoms with Gasteiger partial charge in [0.25, 0.3) is 0 Å². The highest BCUT2D eigenvalue weighted by Gasteiger charge is 2.32. The van der Waals surface area contributed by atoms with Crippen molar-refractivity contribution in [2.24, 2.45) is 0 Å². The Labute approximate surface area is 342 Å². The fourth-order valence-corrected chi connectivity index (χ4v) is 4.41. The van der Waals surface area contributed by atoms with Gasteiger partial charge in [0.2, 0.25) is 18.8 Å². The molecule has 3 amide bonds. The zero-order valence-corrected chi connectivity index (χ0v) is 34.7. The first-order valence-electron chi connectivity index (χ1n) is 18.6. The number of nitrogens with one attached hydrogen (secondary N) is 3. The number of alkyl carbamates (subject to hydrolysis) is 2. The fourth-order valence-electron chi connectivity index (χ4n) is 4.41. The number of hydrogen-bond donors (Lipinski definition) is 4. The topological polar surface area (TPSA) is 199 Å². The van der Waals surface area contributed by atoms with Crippen LogP contribution in [0.25, 0.3) is 0 Å². The van der Waals surface area contributed by atoms with Crippen LogP contribution in [0.2, 0.25) is 0 Å². The van der Waals surface area contributed by atoms with Crippen molar-refractivity contribution in [3.63, 3.8) is 0 Å². The van der Waals surface area contributed by atoms with Crippen LogP contribution in [0.1, 0.15) is 79.4 Å². The molecule has 2 aromatic carbocycles. The summed E-state index contributed by atoms with van der Waals surface area (Å²) in [4.78, 5) is 70.6. The van der Waals surface area contributed by atoms with E-state index in [0.29, 0.717) is 18.7 Å². The van der Waals surface area contributed by atoms with E-state index in [1.807, 2.05) is 35.6 Å². The molecule has 0 aliphatic carbocycles.